The largest absolute Gasteiger partial charge is 0.366 e. The number of nitrogens with zero attached hydrogens (tertiary/aromatic N) is 6. The Balaban J connectivity index is 1.60. The lowest BCUT2D eigenvalue weighted by Gasteiger charge is -2.36. The molecule has 2 aromatic heterocycles. The molecule has 0 unspecified atom stereocenters. The summed E-state index contributed by atoms with van der Waals surface area (Å²) in [6.07, 6.45) is 1.56. The van der Waals surface area contributed by atoms with Crippen LogP contribution in [-0.2, 0) is 7.05 Å². The molecule has 6 nitrogen and oxygen atoms in total. The van der Waals surface area contributed by atoms with Crippen LogP contribution in [0.3, 0.4) is 0 Å². The van der Waals surface area contributed by atoms with Crippen molar-refractivity contribution < 1.29 is 4.39 Å². The van der Waals surface area contributed by atoms with Gasteiger partial charge < -0.3 is 9.80 Å². The van der Waals surface area contributed by atoms with Gasteiger partial charge in [0.15, 0.2) is 5.65 Å². The molecule has 1 fully saturated rings. The first-order valence-electron chi connectivity index (χ1n) is 7.73. The Labute approximate surface area is 147 Å². The smallest absolute Gasteiger partial charge is 0.164 e. The Morgan fingerprint density at radius 2 is 1.75 bits per heavy atom. The van der Waals surface area contributed by atoms with Gasteiger partial charge >= 0.3 is 0 Å². The highest BCUT2D eigenvalue weighted by atomic mass is 79.9. The van der Waals surface area contributed by atoms with E-state index in [9.17, 15) is 4.39 Å². The minimum Gasteiger partial charge on any atom is -0.366 e. The molecule has 0 bridgehead atoms. The molecular weight excluding hydrogens is 375 g/mol. The summed E-state index contributed by atoms with van der Waals surface area (Å²) in [5.41, 5.74) is 1.45. The van der Waals surface area contributed by atoms with Gasteiger partial charge in [0, 0.05) is 33.2 Å². The first kappa shape index (κ1) is 15.3. The van der Waals surface area contributed by atoms with Crippen LogP contribution in [0.15, 0.2) is 35.2 Å². The number of piperazine rings is 1. The van der Waals surface area contributed by atoms with E-state index in [-0.39, 0.29) is 5.82 Å². The van der Waals surface area contributed by atoms with Crippen LogP contribution in [-0.4, -0.2) is 45.9 Å². The molecule has 0 N–H and O–H groups in total. The highest BCUT2D eigenvalue weighted by Crippen LogP contribution is 2.30. The Morgan fingerprint density at radius 1 is 1.04 bits per heavy atom. The highest BCUT2D eigenvalue weighted by Gasteiger charge is 2.23. The van der Waals surface area contributed by atoms with Crippen molar-refractivity contribution >= 4 is 38.5 Å². The van der Waals surface area contributed by atoms with Crippen molar-refractivity contribution in [3.8, 4) is 0 Å². The number of anilines is 2. The van der Waals surface area contributed by atoms with Crippen LogP contribution in [0.5, 0.6) is 0 Å². The third-order valence-electron chi connectivity index (χ3n) is 4.33. The molecular formula is C16H16BrFN6. The summed E-state index contributed by atoms with van der Waals surface area (Å²) < 4.78 is 16.4. The van der Waals surface area contributed by atoms with E-state index < -0.39 is 0 Å². The van der Waals surface area contributed by atoms with E-state index in [1.165, 1.54) is 6.07 Å². The fraction of sp³-hybridized carbons (Fsp3) is 0.312. The highest BCUT2D eigenvalue weighted by molar-refractivity contribution is 9.10. The SMILES string of the molecule is Cn1nc(Br)c2c(N3CCN(c4ccccc4F)CC3)ncnc21. The number of para-hydroxylation sites is 1. The molecule has 0 atom stereocenters. The molecule has 8 heteroatoms. The van der Waals surface area contributed by atoms with Crippen molar-refractivity contribution in [1.29, 1.82) is 0 Å². The molecule has 0 spiro atoms. The minimum absolute atomic E-state index is 0.176. The van der Waals surface area contributed by atoms with Crippen molar-refractivity contribution in [3.05, 3.63) is 41.0 Å². The van der Waals surface area contributed by atoms with E-state index in [1.54, 1.807) is 17.1 Å². The molecule has 1 saturated heterocycles. The van der Waals surface area contributed by atoms with E-state index in [1.807, 2.05) is 19.2 Å². The molecule has 3 heterocycles. The van der Waals surface area contributed by atoms with E-state index in [4.69, 9.17) is 0 Å². The number of fused-ring (bicyclic) bond motifs is 1. The topological polar surface area (TPSA) is 50.1 Å². The first-order valence-corrected chi connectivity index (χ1v) is 8.52. The predicted molar refractivity (Wildman–Crippen MR) is 94.8 cm³/mol. The maximum atomic E-state index is 14.0. The molecule has 1 aromatic carbocycles. The average Bonchev–Trinajstić information content (AvgIpc) is 2.90. The van der Waals surface area contributed by atoms with Crippen LogP contribution >= 0.6 is 15.9 Å². The Kier molecular flexibility index (Phi) is 3.84. The van der Waals surface area contributed by atoms with Crippen LogP contribution in [0, 0.1) is 5.82 Å². The number of hydrogen-bond donors (Lipinski definition) is 0. The standard InChI is InChI=1S/C16H16BrFN6/c1-22-15-13(14(17)21-22)16(20-10-19-15)24-8-6-23(7-9-24)12-5-3-2-4-11(12)18/h2-5,10H,6-9H2,1H3. The minimum atomic E-state index is -0.176. The summed E-state index contributed by atoms with van der Waals surface area (Å²) in [6.45, 7) is 3.01. The Morgan fingerprint density at radius 3 is 2.50 bits per heavy atom. The first-order chi connectivity index (χ1) is 11.6. The molecule has 3 aromatic rings. The summed E-state index contributed by atoms with van der Waals surface area (Å²) in [6, 6.07) is 6.91. The number of hydrogen-bond acceptors (Lipinski definition) is 5. The number of rotatable bonds is 2. The summed E-state index contributed by atoms with van der Waals surface area (Å²) >= 11 is 3.49. The van der Waals surface area contributed by atoms with Crippen LogP contribution in [0.25, 0.3) is 11.0 Å². The lowest BCUT2D eigenvalue weighted by Crippen LogP contribution is -2.47. The molecule has 124 valence electrons. The van der Waals surface area contributed by atoms with Crippen molar-refractivity contribution in [2.24, 2.45) is 7.05 Å². The number of halogens is 2. The second kappa shape index (κ2) is 6.01. The van der Waals surface area contributed by atoms with Crippen LogP contribution < -0.4 is 9.80 Å². The maximum Gasteiger partial charge on any atom is 0.164 e. The zero-order valence-corrected chi connectivity index (χ0v) is 14.7. The van der Waals surface area contributed by atoms with Crippen LogP contribution in [0.4, 0.5) is 15.9 Å². The van der Waals surface area contributed by atoms with Crippen LogP contribution in [0.2, 0.25) is 0 Å². The number of aryl methyl sites for hydroxylation is 1. The third-order valence-corrected chi connectivity index (χ3v) is 4.89. The average molecular weight is 391 g/mol. The molecule has 0 radical (unpaired) electrons. The van der Waals surface area contributed by atoms with Gasteiger partial charge in [0.1, 0.15) is 22.6 Å². The lowest BCUT2D eigenvalue weighted by atomic mass is 10.2. The predicted octanol–water partition coefficient (Wildman–Crippen LogP) is 2.59. The van der Waals surface area contributed by atoms with Gasteiger partial charge in [-0.15, -0.1) is 0 Å². The Hall–Kier alpha value is -2.22. The van der Waals surface area contributed by atoms with Gasteiger partial charge in [-0.05, 0) is 28.1 Å². The van der Waals surface area contributed by atoms with Gasteiger partial charge in [-0.1, -0.05) is 12.1 Å². The van der Waals surface area contributed by atoms with Gasteiger partial charge in [0.25, 0.3) is 0 Å². The van der Waals surface area contributed by atoms with E-state index >= 15 is 0 Å². The van der Waals surface area contributed by atoms with E-state index in [0.29, 0.717) is 5.69 Å². The summed E-state index contributed by atoms with van der Waals surface area (Å²) in [5.74, 6) is 0.693. The van der Waals surface area contributed by atoms with Gasteiger partial charge in [0.2, 0.25) is 0 Å². The summed E-state index contributed by atoms with van der Waals surface area (Å²) in [4.78, 5) is 13.0. The summed E-state index contributed by atoms with van der Waals surface area (Å²) in [7, 11) is 1.86. The molecule has 1 aliphatic rings. The fourth-order valence-corrected chi connectivity index (χ4v) is 3.73. The van der Waals surface area contributed by atoms with Crippen molar-refractivity contribution in [2.75, 3.05) is 36.0 Å². The van der Waals surface area contributed by atoms with Crippen molar-refractivity contribution in [1.82, 2.24) is 19.7 Å². The second-order valence-electron chi connectivity index (χ2n) is 5.74. The van der Waals surface area contributed by atoms with Gasteiger partial charge in [-0.3, -0.25) is 0 Å². The zero-order valence-electron chi connectivity index (χ0n) is 13.2. The molecule has 0 amide bonds. The molecule has 0 saturated carbocycles. The van der Waals surface area contributed by atoms with Gasteiger partial charge in [-0.2, -0.15) is 5.10 Å². The van der Waals surface area contributed by atoms with E-state index in [2.05, 4.69) is 40.8 Å². The Bertz CT molecular complexity index is 887. The van der Waals surface area contributed by atoms with Gasteiger partial charge in [0.05, 0.1) is 11.1 Å². The molecule has 1 aliphatic heterocycles. The zero-order chi connectivity index (χ0) is 16.7. The monoisotopic (exact) mass is 390 g/mol. The van der Waals surface area contributed by atoms with Gasteiger partial charge in [-0.25, -0.2) is 19.0 Å². The van der Waals surface area contributed by atoms with Crippen molar-refractivity contribution in [3.63, 3.8) is 0 Å². The van der Waals surface area contributed by atoms with E-state index in [0.717, 1.165) is 47.6 Å². The normalized spacial score (nSPS) is 15.3. The third kappa shape index (κ3) is 2.50. The maximum absolute atomic E-state index is 14.0. The molecule has 24 heavy (non-hydrogen) atoms. The number of benzene rings is 1. The number of aromatic nitrogens is 4. The van der Waals surface area contributed by atoms with Crippen LogP contribution in [0.1, 0.15) is 0 Å². The second-order valence-corrected chi connectivity index (χ2v) is 6.49. The molecule has 0 aliphatic carbocycles. The van der Waals surface area contributed by atoms with Crippen molar-refractivity contribution in [2.45, 2.75) is 0 Å². The summed E-state index contributed by atoms with van der Waals surface area (Å²) in [5, 5.41) is 5.28. The molecule has 4 rings (SSSR count). The fourth-order valence-electron chi connectivity index (χ4n) is 3.13. The quantitative estimate of drug-likeness (QED) is 0.672. The lowest BCUT2D eigenvalue weighted by molar-refractivity contribution is 0.596.